The molecule has 1 aliphatic rings. The highest BCUT2D eigenvalue weighted by molar-refractivity contribution is 5.98. The van der Waals surface area contributed by atoms with E-state index in [-0.39, 0.29) is 12.5 Å². The molecule has 3 rings (SSSR count). The van der Waals surface area contributed by atoms with Gasteiger partial charge < -0.3 is 9.64 Å². The molecule has 1 saturated heterocycles. The number of benzene rings is 2. The van der Waals surface area contributed by atoms with Crippen LogP contribution in [0.3, 0.4) is 0 Å². The highest BCUT2D eigenvalue weighted by atomic mass is 16.5. The number of nitrogens with zero attached hydrogens (tertiary/aromatic N) is 1. The molecule has 2 aromatic rings. The summed E-state index contributed by atoms with van der Waals surface area (Å²) in [7, 11) is 0. The number of ether oxygens (including phenoxy) is 1. The van der Waals surface area contributed by atoms with Crippen molar-refractivity contribution in [2.45, 2.75) is 32.7 Å². The molecule has 1 atom stereocenters. The Morgan fingerprint density at radius 2 is 1.69 bits per heavy atom. The summed E-state index contributed by atoms with van der Waals surface area (Å²) >= 11 is 0. The van der Waals surface area contributed by atoms with Crippen molar-refractivity contribution in [1.82, 2.24) is 15.8 Å². The molecule has 0 spiro atoms. The molecule has 1 aliphatic heterocycles. The fraction of sp³-hybridized carbons (Fsp3) is 0.318. The highest BCUT2D eigenvalue weighted by Crippen LogP contribution is 2.22. The Bertz CT molecular complexity index is 878. The van der Waals surface area contributed by atoms with E-state index in [9.17, 15) is 14.4 Å². The van der Waals surface area contributed by atoms with E-state index < -0.39 is 17.9 Å². The van der Waals surface area contributed by atoms with Gasteiger partial charge in [-0.05, 0) is 49.9 Å². The Morgan fingerprint density at radius 1 is 1.00 bits per heavy atom. The number of amides is 3. The van der Waals surface area contributed by atoms with Crippen molar-refractivity contribution in [2.75, 3.05) is 13.2 Å². The summed E-state index contributed by atoms with van der Waals surface area (Å²) < 4.78 is 5.58. The van der Waals surface area contributed by atoms with Crippen LogP contribution >= 0.6 is 0 Å². The third-order valence-electron chi connectivity index (χ3n) is 4.92. The van der Waals surface area contributed by atoms with Crippen LogP contribution in [0.1, 0.15) is 34.3 Å². The number of carbonyl (C=O) groups is 3. The minimum Gasteiger partial charge on any atom is -0.483 e. The molecule has 152 valence electrons. The van der Waals surface area contributed by atoms with E-state index >= 15 is 0 Å². The van der Waals surface area contributed by atoms with Crippen LogP contribution in [-0.2, 0) is 9.59 Å². The van der Waals surface area contributed by atoms with Crippen LogP contribution < -0.4 is 15.6 Å². The molecular formula is C22H25N3O4. The third-order valence-corrected chi connectivity index (χ3v) is 4.92. The molecule has 0 saturated carbocycles. The minimum atomic E-state index is -0.609. The summed E-state index contributed by atoms with van der Waals surface area (Å²) in [6, 6.07) is 14.0. The zero-order chi connectivity index (χ0) is 20.8. The fourth-order valence-electron chi connectivity index (χ4n) is 3.44. The quantitative estimate of drug-likeness (QED) is 0.760. The van der Waals surface area contributed by atoms with Crippen molar-refractivity contribution in [3.8, 4) is 5.75 Å². The molecule has 1 fully saturated rings. The van der Waals surface area contributed by atoms with Gasteiger partial charge in [-0.2, -0.15) is 0 Å². The largest absolute Gasteiger partial charge is 0.483 e. The van der Waals surface area contributed by atoms with Crippen molar-refractivity contribution in [3.63, 3.8) is 0 Å². The topological polar surface area (TPSA) is 87.7 Å². The summed E-state index contributed by atoms with van der Waals surface area (Å²) in [5.74, 6) is -0.413. The Labute approximate surface area is 170 Å². The number of hydrazine groups is 1. The maximum atomic E-state index is 12.7. The van der Waals surface area contributed by atoms with Crippen molar-refractivity contribution >= 4 is 17.7 Å². The van der Waals surface area contributed by atoms with E-state index in [2.05, 4.69) is 10.9 Å². The predicted octanol–water partition coefficient (Wildman–Crippen LogP) is 2.13. The van der Waals surface area contributed by atoms with E-state index in [0.29, 0.717) is 24.3 Å². The Morgan fingerprint density at radius 3 is 2.38 bits per heavy atom. The molecule has 2 N–H and O–H groups in total. The third kappa shape index (κ3) is 4.93. The molecule has 1 heterocycles. The lowest BCUT2D eigenvalue weighted by atomic mass is 10.1. The molecule has 2 aromatic carbocycles. The van der Waals surface area contributed by atoms with Crippen LogP contribution in [0, 0.1) is 13.8 Å². The molecule has 0 radical (unpaired) electrons. The lowest BCUT2D eigenvalue weighted by Crippen LogP contribution is -2.52. The van der Waals surface area contributed by atoms with Gasteiger partial charge >= 0.3 is 0 Å². The first-order valence-corrected chi connectivity index (χ1v) is 9.61. The normalized spacial score (nSPS) is 15.7. The Balaban J connectivity index is 1.52. The number of aryl methyl sites for hydroxylation is 2. The standard InChI is InChI=1S/C22H25N3O4/c1-15-8-6-9-16(2)20(15)29-14-19(26)23-24-21(27)18-12-7-13-25(18)22(28)17-10-4-3-5-11-17/h3-6,8-11,18H,7,12-14H2,1-2H3,(H,23,26)(H,24,27). The number of para-hydroxylation sites is 1. The highest BCUT2D eigenvalue weighted by Gasteiger charge is 2.34. The summed E-state index contributed by atoms with van der Waals surface area (Å²) in [5.41, 5.74) is 7.19. The fourth-order valence-corrected chi connectivity index (χ4v) is 3.44. The predicted molar refractivity (Wildman–Crippen MR) is 108 cm³/mol. The van der Waals surface area contributed by atoms with Gasteiger partial charge in [0.15, 0.2) is 6.61 Å². The van der Waals surface area contributed by atoms with Crippen molar-refractivity contribution in [3.05, 3.63) is 65.2 Å². The Hall–Kier alpha value is -3.35. The lowest BCUT2D eigenvalue weighted by molar-refractivity contribution is -0.131. The molecule has 7 heteroatoms. The van der Waals surface area contributed by atoms with Gasteiger partial charge in [0.2, 0.25) is 0 Å². The first-order chi connectivity index (χ1) is 14.0. The first kappa shape index (κ1) is 20.4. The summed E-state index contributed by atoms with van der Waals surface area (Å²) in [5, 5.41) is 0. The molecule has 1 unspecified atom stereocenters. The second-order valence-electron chi connectivity index (χ2n) is 7.07. The zero-order valence-corrected chi connectivity index (χ0v) is 16.6. The number of hydrogen-bond acceptors (Lipinski definition) is 4. The number of carbonyl (C=O) groups excluding carboxylic acids is 3. The van der Waals surface area contributed by atoms with Crippen LogP contribution in [0.15, 0.2) is 48.5 Å². The van der Waals surface area contributed by atoms with Gasteiger partial charge in [0.05, 0.1) is 0 Å². The first-order valence-electron chi connectivity index (χ1n) is 9.61. The molecule has 0 bridgehead atoms. The van der Waals surface area contributed by atoms with Gasteiger partial charge in [-0.1, -0.05) is 36.4 Å². The summed E-state index contributed by atoms with van der Waals surface area (Å²) in [6.07, 6.45) is 1.29. The zero-order valence-electron chi connectivity index (χ0n) is 16.6. The molecule has 7 nitrogen and oxygen atoms in total. The van der Waals surface area contributed by atoms with Crippen molar-refractivity contribution < 1.29 is 19.1 Å². The average Bonchev–Trinajstić information content (AvgIpc) is 3.21. The maximum absolute atomic E-state index is 12.7. The van der Waals surface area contributed by atoms with Gasteiger partial charge in [-0.3, -0.25) is 25.2 Å². The van der Waals surface area contributed by atoms with E-state index in [0.717, 1.165) is 17.5 Å². The van der Waals surface area contributed by atoms with Gasteiger partial charge in [-0.15, -0.1) is 0 Å². The molecule has 0 aromatic heterocycles. The van der Waals surface area contributed by atoms with Crippen molar-refractivity contribution in [2.24, 2.45) is 0 Å². The van der Waals surface area contributed by atoms with Gasteiger partial charge in [0.25, 0.3) is 17.7 Å². The maximum Gasteiger partial charge on any atom is 0.276 e. The Kier molecular flexibility index (Phi) is 6.49. The summed E-state index contributed by atoms with van der Waals surface area (Å²) in [4.78, 5) is 38.8. The van der Waals surface area contributed by atoms with Crippen LogP contribution in [0.4, 0.5) is 0 Å². The number of hydrogen-bond donors (Lipinski definition) is 2. The van der Waals surface area contributed by atoms with Crippen LogP contribution in [0.2, 0.25) is 0 Å². The molecule has 29 heavy (non-hydrogen) atoms. The number of nitrogens with one attached hydrogen (secondary N) is 2. The van der Waals surface area contributed by atoms with E-state index in [1.807, 2.05) is 38.1 Å². The van der Waals surface area contributed by atoms with Crippen LogP contribution in [-0.4, -0.2) is 41.8 Å². The van der Waals surface area contributed by atoms with Gasteiger partial charge in [0.1, 0.15) is 11.8 Å². The SMILES string of the molecule is Cc1cccc(C)c1OCC(=O)NNC(=O)C1CCCN1C(=O)c1ccccc1. The molecule has 3 amide bonds. The van der Waals surface area contributed by atoms with Crippen LogP contribution in [0.5, 0.6) is 5.75 Å². The second-order valence-corrected chi connectivity index (χ2v) is 7.07. The smallest absolute Gasteiger partial charge is 0.276 e. The average molecular weight is 395 g/mol. The summed E-state index contributed by atoms with van der Waals surface area (Å²) in [6.45, 7) is 4.10. The van der Waals surface area contributed by atoms with Crippen LogP contribution in [0.25, 0.3) is 0 Å². The van der Waals surface area contributed by atoms with Crippen molar-refractivity contribution in [1.29, 1.82) is 0 Å². The van der Waals surface area contributed by atoms with E-state index in [1.165, 1.54) is 0 Å². The second kappa shape index (κ2) is 9.23. The van der Waals surface area contributed by atoms with Gasteiger partial charge in [-0.25, -0.2) is 0 Å². The van der Waals surface area contributed by atoms with E-state index in [4.69, 9.17) is 4.74 Å². The molecule has 0 aliphatic carbocycles. The number of rotatable bonds is 5. The minimum absolute atomic E-state index is 0.187. The number of likely N-dealkylation sites (tertiary alicyclic amines) is 1. The lowest BCUT2D eigenvalue weighted by Gasteiger charge is -2.24. The van der Waals surface area contributed by atoms with E-state index in [1.54, 1.807) is 29.2 Å². The molecular weight excluding hydrogens is 370 g/mol. The van der Waals surface area contributed by atoms with Gasteiger partial charge in [0, 0.05) is 12.1 Å². The monoisotopic (exact) mass is 395 g/mol.